The molecule has 0 unspecified atom stereocenters. The molecule has 0 radical (unpaired) electrons. The average Bonchev–Trinajstić information content (AvgIpc) is 2.54. The molecule has 0 rings (SSSR count). The molecule has 0 amide bonds. The molecule has 0 aliphatic heterocycles. The lowest BCUT2D eigenvalue weighted by molar-refractivity contribution is -0.236. The van der Waals surface area contributed by atoms with Gasteiger partial charge < -0.3 is 24.8 Å². The SMILES string of the molecule is CC(=O)O[C@@](C(C)=O)(C(=O)C(C)=O)[C@](OC(C)=O)(C(C)=O)[C@@H](O)[C@H](O)CO. The Balaban J connectivity index is 7.41. The molecule has 3 N–H and O–H groups in total. The molecule has 11 heteroatoms. The monoisotopic (exact) mass is 390 g/mol. The van der Waals surface area contributed by atoms with Crippen LogP contribution in [0.25, 0.3) is 0 Å². The number of carbonyl (C=O) groups is 6. The normalized spacial score (nSPS) is 17.5. The summed E-state index contributed by atoms with van der Waals surface area (Å²) in [6.45, 7) is 2.30. The third-order valence-electron chi connectivity index (χ3n) is 3.75. The van der Waals surface area contributed by atoms with E-state index >= 15 is 0 Å². The van der Waals surface area contributed by atoms with E-state index in [0.717, 1.165) is 13.8 Å². The molecule has 0 aliphatic rings. The van der Waals surface area contributed by atoms with Crippen LogP contribution in [-0.4, -0.2) is 80.4 Å². The van der Waals surface area contributed by atoms with Gasteiger partial charge in [0.1, 0.15) is 12.2 Å². The predicted molar refractivity (Wildman–Crippen MR) is 85.1 cm³/mol. The summed E-state index contributed by atoms with van der Waals surface area (Å²) in [6.07, 6.45) is -4.84. The zero-order chi connectivity index (χ0) is 21.7. The number of rotatable bonds is 10. The Kier molecular flexibility index (Phi) is 8.10. The summed E-state index contributed by atoms with van der Waals surface area (Å²) < 4.78 is 9.56. The van der Waals surface area contributed by atoms with E-state index < -0.39 is 65.1 Å². The topological polar surface area (TPSA) is 182 Å². The van der Waals surface area contributed by atoms with Crippen LogP contribution >= 0.6 is 0 Å². The highest BCUT2D eigenvalue weighted by atomic mass is 16.6. The predicted octanol–water partition coefficient (Wildman–Crippen LogP) is -2.36. The molecule has 0 saturated carbocycles. The van der Waals surface area contributed by atoms with E-state index in [2.05, 4.69) is 0 Å². The second-order valence-corrected chi connectivity index (χ2v) is 5.80. The van der Waals surface area contributed by atoms with Crippen LogP contribution in [0, 0.1) is 0 Å². The molecular formula is C16H22O11. The van der Waals surface area contributed by atoms with Gasteiger partial charge >= 0.3 is 11.9 Å². The summed E-state index contributed by atoms with van der Waals surface area (Å²) in [4.78, 5) is 72.6. The smallest absolute Gasteiger partial charge is 0.304 e. The summed E-state index contributed by atoms with van der Waals surface area (Å²) >= 11 is 0. The van der Waals surface area contributed by atoms with Gasteiger partial charge in [-0.3, -0.25) is 28.8 Å². The Hall–Kier alpha value is -2.50. The van der Waals surface area contributed by atoms with Gasteiger partial charge in [0.15, 0.2) is 17.3 Å². The largest absolute Gasteiger partial charge is 0.443 e. The van der Waals surface area contributed by atoms with Crippen molar-refractivity contribution in [1.29, 1.82) is 0 Å². The van der Waals surface area contributed by atoms with Crippen molar-refractivity contribution in [2.45, 2.75) is 58.0 Å². The molecule has 0 spiro atoms. The molecule has 0 saturated heterocycles. The summed E-state index contributed by atoms with van der Waals surface area (Å²) in [5.74, 6) is -8.62. The van der Waals surface area contributed by atoms with Gasteiger partial charge in [-0.15, -0.1) is 0 Å². The Morgan fingerprint density at radius 1 is 0.815 bits per heavy atom. The molecule has 0 fully saturated rings. The Bertz CT molecular complexity index is 667. The molecule has 0 bridgehead atoms. The van der Waals surface area contributed by atoms with Crippen LogP contribution in [0.15, 0.2) is 0 Å². The number of carbonyl (C=O) groups excluding carboxylic acids is 6. The number of ether oxygens (including phenoxy) is 2. The van der Waals surface area contributed by atoms with E-state index in [1.54, 1.807) is 0 Å². The van der Waals surface area contributed by atoms with Crippen LogP contribution in [0.1, 0.15) is 34.6 Å². The minimum Gasteiger partial charge on any atom is -0.443 e. The van der Waals surface area contributed by atoms with E-state index in [4.69, 9.17) is 14.6 Å². The number of hydrogen-bond acceptors (Lipinski definition) is 11. The minimum absolute atomic E-state index is 0.656. The van der Waals surface area contributed by atoms with Crippen molar-refractivity contribution >= 4 is 35.1 Å². The van der Waals surface area contributed by atoms with Crippen molar-refractivity contribution in [3.8, 4) is 0 Å². The second kappa shape index (κ2) is 8.93. The van der Waals surface area contributed by atoms with Gasteiger partial charge in [-0.2, -0.15) is 0 Å². The maximum Gasteiger partial charge on any atom is 0.304 e. The highest BCUT2D eigenvalue weighted by molar-refractivity contribution is 6.45. The van der Waals surface area contributed by atoms with E-state index in [-0.39, 0.29) is 0 Å². The Morgan fingerprint density at radius 2 is 1.26 bits per heavy atom. The van der Waals surface area contributed by atoms with Gasteiger partial charge in [-0.05, 0) is 13.8 Å². The number of esters is 2. The Morgan fingerprint density at radius 3 is 1.52 bits per heavy atom. The highest BCUT2D eigenvalue weighted by Gasteiger charge is 2.73. The first-order valence-corrected chi connectivity index (χ1v) is 7.65. The third-order valence-corrected chi connectivity index (χ3v) is 3.75. The Labute approximate surface area is 154 Å². The van der Waals surface area contributed by atoms with Gasteiger partial charge in [0, 0.05) is 20.8 Å². The zero-order valence-corrected chi connectivity index (χ0v) is 15.5. The number of aliphatic hydroxyl groups excluding tert-OH is 3. The molecule has 0 aromatic carbocycles. The number of ketones is 4. The standard InChI is InChI=1S/C16H22O11/c1-7(18)13(24)15(8(2)19,26-10(4)21)16(9(3)20,27-11(5)22)14(25)12(23)6-17/h12,14,17,23,25H,6H2,1-5H3/t12-,14+,15+,16+/m1/s1. The molecule has 0 aliphatic carbocycles. The molecule has 0 heterocycles. The molecule has 0 aromatic heterocycles. The van der Waals surface area contributed by atoms with Gasteiger partial charge in [-0.25, -0.2) is 0 Å². The first kappa shape index (κ1) is 24.5. The maximum absolute atomic E-state index is 12.6. The van der Waals surface area contributed by atoms with Crippen molar-refractivity contribution in [1.82, 2.24) is 0 Å². The lowest BCUT2D eigenvalue weighted by Gasteiger charge is -2.46. The van der Waals surface area contributed by atoms with Crippen LogP contribution in [0.3, 0.4) is 0 Å². The molecule has 0 aromatic rings. The van der Waals surface area contributed by atoms with Gasteiger partial charge in [0.05, 0.1) is 6.61 Å². The number of aliphatic hydroxyl groups is 3. The van der Waals surface area contributed by atoms with Crippen LogP contribution in [0.5, 0.6) is 0 Å². The lowest BCUT2D eigenvalue weighted by Crippen LogP contribution is -2.77. The summed E-state index contributed by atoms with van der Waals surface area (Å²) in [5.41, 5.74) is -6.75. The molecule has 27 heavy (non-hydrogen) atoms. The molecule has 11 nitrogen and oxygen atoms in total. The van der Waals surface area contributed by atoms with Crippen molar-refractivity contribution in [3.63, 3.8) is 0 Å². The van der Waals surface area contributed by atoms with Crippen molar-refractivity contribution in [2.24, 2.45) is 0 Å². The number of Topliss-reactive ketones (excluding diaryl/α,β-unsaturated/α-hetero) is 4. The first-order chi connectivity index (χ1) is 12.2. The number of hydrogen-bond donors (Lipinski definition) is 3. The summed E-state index contributed by atoms with van der Waals surface area (Å²) in [6, 6.07) is 0. The third kappa shape index (κ3) is 4.26. The van der Waals surface area contributed by atoms with Crippen molar-refractivity contribution in [3.05, 3.63) is 0 Å². The second-order valence-electron chi connectivity index (χ2n) is 5.80. The zero-order valence-electron chi connectivity index (χ0n) is 15.5. The summed E-state index contributed by atoms with van der Waals surface area (Å²) in [7, 11) is 0. The quantitative estimate of drug-likeness (QED) is 0.206. The lowest BCUT2D eigenvalue weighted by atomic mass is 9.68. The van der Waals surface area contributed by atoms with Gasteiger partial charge in [0.2, 0.25) is 0 Å². The molecular weight excluding hydrogens is 368 g/mol. The van der Waals surface area contributed by atoms with Gasteiger partial charge in [-0.1, -0.05) is 0 Å². The fourth-order valence-electron chi connectivity index (χ4n) is 2.71. The maximum atomic E-state index is 12.6. The summed E-state index contributed by atoms with van der Waals surface area (Å²) in [5, 5.41) is 29.4. The van der Waals surface area contributed by atoms with E-state index in [9.17, 15) is 39.0 Å². The fourth-order valence-corrected chi connectivity index (χ4v) is 2.71. The fraction of sp³-hybridized carbons (Fsp3) is 0.625. The minimum atomic E-state index is -3.42. The van der Waals surface area contributed by atoms with Crippen LogP contribution in [0.2, 0.25) is 0 Å². The van der Waals surface area contributed by atoms with E-state index in [0.29, 0.717) is 20.8 Å². The first-order valence-electron chi connectivity index (χ1n) is 7.65. The molecule has 152 valence electrons. The van der Waals surface area contributed by atoms with E-state index in [1.807, 2.05) is 0 Å². The van der Waals surface area contributed by atoms with E-state index in [1.165, 1.54) is 0 Å². The van der Waals surface area contributed by atoms with Gasteiger partial charge in [0.25, 0.3) is 17.0 Å². The average molecular weight is 390 g/mol. The molecule has 4 atom stereocenters. The van der Waals surface area contributed by atoms with Crippen LogP contribution in [0.4, 0.5) is 0 Å². The van der Waals surface area contributed by atoms with Crippen LogP contribution in [-0.2, 0) is 38.2 Å². The van der Waals surface area contributed by atoms with Crippen molar-refractivity contribution in [2.75, 3.05) is 6.61 Å². The van der Waals surface area contributed by atoms with Crippen molar-refractivity contribution < 1.29 is 53.6 Å². The highest BCUT2D eigenvalue weighted by Crippen LogP contribution is 2.39. The van der Waals surface area contributed by atoms with Crippen LogP contribution < -0.4 is 0 Å².